The first-order valence-corrected chi connectivity index (χ1v) is 8.67. The molecule has 7 heteroatoms. The number of hydrogen-bond donors (Lipinski definition) is 2. The fourth-order valence-electron chi connectivity index (χ4n) is 3.38. The van der Waals surface area contributed by atoms with Crippen molar-refractivity contribution in [3.8, 4) is 16.9 Å². The second-order valence-corrected chi connectivity index (χ2v) is 6.71. The first-order valence-electron chi connectivity index (χ1n) is 8.29. The van der Waals surface area contributed by atoms with Crippen LogP contribution in [0, 0.1) is 0 Å². The lowest BCUT2D eigenvalue weighted by Crippen LogP contribution is -2.50. The van der Waals surface area contributed by atoms with Crippen LogP contribution in [0.4, 0.5) is 0 Å². The smallest absolute Gasteiger partial charge is 0.264 e. The summed E-state index contributed by atoms with van der Waals surface area (Å²) in [5.74, 6) is 0.647. The summed E-state index contributed by atoms with van der Waals surface area (Å²) in [7, 11) is 0. The minimum absolute atomic E-state index is 0.00526. The number of carbonyl (C=O) groups is 1. The molecule has 0 radical (unpaired) electrons. The number of nitrogens with zero attached hydrogens (tertiary/aromatic N) is 1. The molecule has 0 saturated carbocycles. The average molecular weight is 360 g/mol. The molecule has 2 aromatic rings. The van der Waals surface area contributed by atoms with Gasteiger partial charge in [-0.25, -0.2) is 0 Å². The number of rotatable bonds is 2. The molecule has 1 aromatic carbocycles. The molecule has 2 aliphatic rings. The van der Waals surface area contributed by atoms with Gasteiger partial charge >= 0.3 is 0 Å². The molecule has 2 aliphatic heterocycles. The average Bonchev–Trinajstić information content (AvgIpc) is 3.05. The SMILES string of the molecule is O=C(C1Cc2cc(Cl)cc(-c3cc[nH]c(=O)c3)c2O1)N1CCNCC1. The van der Waals surface area contributed by atoms with Crippen molar-refractivity contribution in [3.63, 3.8) is 0 Å². The van der Waals surface area contributed by atoms with E-state index in [1.165, 1.54) is 6.07 Å². The molecule has 1 saturated heterocycles. The van der Waals surface area contributed by atoms with Gasteiger partial charge in [0.15, 0.2) is 6.10 Å². The Kier molecular flexibility index (Phi) is 4.23. The standard InChI is InChI=1S/C18H18ClN3O3/c19-13-7-12-8-15(18(24)22-5-3-20-4-6-22)25-17(12)14(10-13)11-1-2-21-16(23)9-11/h1-2,7,9-10,15,20H,3-6,8H2,(H,21,23). The van der Waals surface area contributed by atoms with E-state index in [-0.39, 0.29) is 11.5 Å². The van der Waals surface area contributed by atoms with Gasteiger partial charge in [0.2, 0.25) is 5.56 Å². The lowest BCUT2D eigenvalue weighted by molar-refractivity contribution is -0.138. The van der Waals surface area contributed by atoms with Gasteiger partial charge in [-0.2, -0.15) is 0 Å². The van der Waals surface area contributed by atoms with Crippen LogP contribution in [-0.2, 0) is 11.2 Å². The highest BCUT2D eigenvalue weighted by Crippen LogP contribution is 2.41. The number of aromatic amines is 1. The predicted molar refractivity (Wildman–Crippen MR) is 95.1 cm³/mol. The molecular weight excluding hydrogens is 342 g/mol. The lowest BCUT2D eigenvalue weighted by Gasteiger charge is -2.29. The number of piperazine rings is 1. The molecule has 1 aromatic heterocycles. The number of aromatic nitrogens is 1. The largest absolute Gasteiger partial charge is 0.479 e. The Morgan fingerprint density at radius 1 is 1.24 bits per heavy atom. The third-order valence-corrected chi connectivity index (χ3v) is 4.80. The molecular formula is C18H18ClN3O3. The molecule has 0 aliphatic carbocycles. The van der Waals surface area contributed by atoms with Gasteiger partial charge in [-0.15, -0.1) is 0 Å². The van der Waals surface area contributed by atoms with Crippen LogP contribution in [0.15, 0.2) is 35.3 Å². The van der Waals surface area contributed by atoms with Crippen molar-refractivity contribution in [1.29, 1.82) is 0 Å². The summed E-state index contributed by atoms with van der Waals surface area (Å²) in [5, 5.41) is 3.80. The first kappa shape index (κ1) is 16.2. The topological polar surface area (TPSA) is 74.4 Å². The molecule has 1 fully saturated rings. The summed E-state index contributed by atoms with van der Waals surface area (Å²) < 4.78 is 6.02. The summed E-state index contributed by atoms with van der Waals surface area (Å²) in [4.78, 5) is 28.8. The van der Waals surface area contributed by atoms with Crippen LogP contribution in [0.25, 0.3) is 11.1 Å². The summed E-state index contributed by atoms with van der Waals surface area (Å²) in [6.45, 7) is 2.98. The highest BCUT2D eigenvalue weighted by molar-refractivity contribution is 6.31. The van der Waals surface area contributed by atoms with Crippen molar-refractivity contribution in [1.82, 2.24) is 15.2 Å². The zero-order chi connectivity index (χ0) is 17.4. The Labute approximate surface area is 149 Å². The van der Waals surface area contributed by atoms with Crippen LogP contribution in [0.5, 0.6) is 5.75 Å². The number of pyridine rings is 1. The van der Waals surface area contributed by atoms with Gasteiger partial charge in [0.05, 0.1) is 0 Å². The van der Waals surface area contributed by atoms with Crippen molar-refractivity contribution >= 4 is 17.5 Å². The normalized spacial score (nSPS) is 19.4. The van der Waals surface area contributed by atoms with Crippen molar-refractivity contribution in [3.05, 3.63) is 51.4 Å². The van der Waals surface area contributed by atoms with E-state index in [1.54, 1.807) is 18.3 Å². The van der Waals surface area contributed by atoms with E-state index < -0.39 is 6.10 Å². The number of H-pyrrole nitrogens is 1. The molecule has 1 unspecified atom stereocenters. The van der Waals surface area contributed by atoms with Crippen LogP contribution < -0.4 is 15.6 Å². The molecule has 0 spiro atoms. The molecule has 3 heterocycles. The zero-order valence-electron chi connectivity index (χ0n) is 13.5. The minimum Gasteiger partial charge on any atom is -0.479 e. The number of carbonyl (C=O) groups excluding carboxylic acids is 1. The third kappa shape index (κ3) is 3.15. The summed E-state index contributed by atoms with van der Waals surface area (Å²) >= 11 is 6.25. The van der Waals surface area contributed by atoms with E-state index >= 15 is 0 Å². The maximum atomic E-state index is 12.7. The Morgan fingerprint density at radius 2 is 2.04 bits per heavy atom. The van der Waals surface area contributed by atoms with Gasteiger partial charge in [-0.05, 0) is 23.8 Å². The highest BCUT2D eigenvalue weighted by atomic mass is 35.5. The van der Waals surface area contributed by atoms with Crippen LogP contribution in [0.1, 0.15) is 5.56 Å². The van der Waals surface area contributed by atoms with Gasteiger partial charge in [-0.1, -0.05) is 11.6 Å². The Balaban J connectivity index is 1.66. The quantitative estimate of drug-likeness (QED) is 0.850. The fourth-order valence-corrected chi connectivity index (χ4v) is 3.62. The van der Waals surface area contributed by atoms with Gasteiger partial charge in [-0.3, -0.25) is 9.59 Å². The van der Waals surface area contributed by atoms with Crippen LogP contribution in [0.2, 0.25) is 5.02 Å². The monoisotopic (exact) mass is 359 g/mol. The zero-order valence-corrected chi connectivity index (χ0v) is 14.3. The molecule has 25 heavy (non-hydrogen) atoms. The van der Waals surface area contributed by atoms with Crippen LogP contribution >= 0.6 is 11.6 Å². The van der Waals surface area contributed by atoms with Gasteiger partial charge in [0, 0.05) is 61.0 Å². The van der Waals surface area contributed by atoms with E-state index in [2.05, 4.69) is 10.3 Å². The number of nitrogens with one attached hydrogen (secondary N) is 2. The lowest BCUT2D eigenvalue weighted by atomic mass is 10.0. The van der Waals surface area contributed by atoms with Crippen molar-refractivity contribution < 1.29 is 9.53 Å². The summed E-state index contributed by atoms with van der Waals surface area (Å²) in [6, 6.07) is 6.90. The van der Waals surface area contributed by atoms with E-state index in [9.17, 15) is 9.59 Å². The fraction of sp³-hybridized carbons (Fsp3) is 0.333. The highest BCUT2D eigenvalue weighted by Gasteiger charge is 2.34. The summed E-state index contributed by atoms with van der Waals surface area (Å²) in [5.41, 5.74) is 2.16. The number of fused-ring (bicyclic) bond motifs is 1. The van der Waals surface area contributed by atoms with Gasteiger partial charge in [0.25, 0.3) is 5.91 Å². The molecule has 130 valence electrons. The second kappa shape index (κ2) is 6.54. The minimum atomic E-state index is -0.535. The van der Waals surface area contributed by atoms with Crippen LogP contribution in [-0.4, -0.2) is 48.1 Å². The Bertz CT molecular complexity index is 874. The Morgan fingerprint density at radius 3 is 2.80 bits per heavy atom. The molecule has 0 bridgehead atoms. The van der Waals surface area contributed by atoms with E-state index in [0.717, 1.165) is 29.8 Å². The maximum absolute atomic E-state index is 12.7. The maximum Gasteiger partial charge on any atom is 0.264 e. The first-order chi connectivity index (χ1) is 12.1. The second-order valence-electron chi connectivity index (χ2n) is 6.27. The molecule has 1 atom stereocenters. The van der Waals surface area contributed by atoms with E-state index in [1.807, 2.05) is 11.0 Å². The molecule has 6 nitrogen and oxygen atoms in total. The van der Waals surface area contributed by atoms with Crippen molar-refractivity contribution in [2.75, 3.05) is 26.2 Å². The summed E-state index contributed by atoms with van der Waals surface area (Å²) in [6.07, 6.45) is 1.55. The van der Waals surface area contributed by atoms with Gasteiger partial charge < -0.3 is 19.9 Å². The number of ether oxygens (including phenoxy) is 1. The number of benzene rings is 1. The molecule has 4 rings (SSSR count). The van der Waals surface area contributed by atoms with Crippen molar-refractivity contribution in [2.24, 2.45) is 0 Å². The number of amides is 1. The van der Waals surface area contributed by atoms with Crippen LogP contribution in [0.3, 0.4) is 0 Å². The Hall–Kier alpha value is -2.31. The third-order valence-electron chi connectivity index (χ3n) is 4.59. The number of hydrogen-bond acceptors (Lipinski definition) is 4. The van der Waals surface area contributed by atoms with Crippen molar-refractivity contribution in [2.45, 2.75) is 12.5 Å². The predicted octanol–water partition coefficient (Wildman–Crippen LogP) is 1.43. The number of halogens is 1. The van der Waals surface area contributed by atoms with E-state index in [4.69, 9.17) is 16.3 Å². The molecule has 2 N–H and O–H groups in total. The molecule has 1 amide bonds. The van der Waals surface area contributed by atoms with E-state index in [0.29, 0.717) is 30.3 Å². The van der Waals surface area contributed by atoms with Gasteiger partial charge in [0.1, 0.15) is 5.75 Å².